The Morgan fingerprint density at radius 3 is 1.13 bits per heavy atom. The molecule has 2 aromatic heterocycles. The van der Waals surface area contributed by atoms with Crippen LogP contribution in [0, 0.1) is 0 Å². The summed E-state index contributed by atoms with van der Waals surface area (Å²) in [5, 5.41) is 49.5. The van der Waals surface area contributed by atoms with Crippen molar-refractivity contribution >= 4 is 238 Å². The van der Waals surface area contributed by atoms with Crippen LogP contribution in [-0.4, -0.2) is 0 Å². The van der Waals surface area contributed by atoms with Crippen molar-refractivity contribution in [2.24, 2.45) is 0 Å². The summed E-state index contributed by atoms with van der Waals surface area (Å²) < 4.78 is 14.6. The Morgan fingerprint density at radius 1 is 0.125 bits per heavy atom. The normalized spacial score (nSPS) is 12.7. The third kappa shape index (κ3) is 8.12. The average molecular weight is 1510 g/mol. The maximum Gasteiger partial charge on any atom is 0.143 e. The smallest absolute Gasteiger partial charge is 0.143 e. The molecule has 0 bridgehead atoms. The van der Waals surface area contributed by atoms with Crippen molar-refractivity contribution in [2.45, 2.75) is 0 Å². The van der Waals surface area contributed by atoms with E-state index in [9.17, 15) is 0 Å². The lowest BCUT2D eigenvalue weighted by Gasteiger charge is -2.19. The van der Waals surface area contributed by atoms with Gasteiger partial charge >= 0.3 is 0 Å². The van der Waals surface area contributed by atoms with Crippen LogP contribution in [0.25, 0.3) is 305 Å². The van der Waals surface area contributed by atoms with Crippen molar-refractivity contribution in [3.05, 3.63) is 376 Å². The van der Waals surface area contributed by atoms with Crippen LogP contribution in [0.5, 0.6) is 0 Å². The van der Waals surface area contributed by atoms with Crippen molar-refractivity contribution in [1.29, 1.82) is 0 Å². The Bertz CT molecular complexity index is 9650. The summed E-state index contributed by atoms with van der Waals surface area (Å²) in [6.45, 7) is 0. The Labute approximate surface area is 684 Å². The molecule has 546 valence electrons. The third-order valence-electron chi connectivity index (χ3n) is 27.9. The Hall–Kier alpha value is -15.7. The maximum atomic E-state index is 7.28. The maximum absolute atomic E-state index is 7.28. The van der Waals surface area contributed by atoms with E-state index in [0.29, 0.717) is 0 Å². The predicted molar refractivity (Wildman–Crippen MR) is 513 cm³/mol. The third-order valence-corrected chi connectivity index (χ3v) is 27.9. The van der Waals surface area contributed by atoms with Gasteiger partial charge in [0.2, 0.25) is 0 Å². The molecule has 0 spiro atoms. The number of furan rings is 2. The predicted octanol–water partition coefficient (Wildman–Crippen LogP) is 34.0. The van der Waals surface area contributed by atoms with Gasteiger partial charge in [-0.1, -0.05) is 328 Å². The molecule has 0 aliphatic carbocycles. The first kappa shape index (κ1) is 63.6. The molecule has 0 amide bonds. The van der Waals surface area contributed by atoms with E-state index in [1.165, 1.54) is 239 Å². The zero-order valence-electron chi connectivity index (χ0n) is 64.6. The van der Waals surface area contributed by atoms with E-state index in [4.69, 9.17) is 8.83 Å². The van der Waals surface area contributed by atoms with Gasteiger partial charge in [-0.3, -0.25) is 0 Å². The van der Waals surface area contributed by atoms with Crippen LogP contribution >= 0.6 is 0 Å². The molecule has 0 atom stereocenters. The fraction of sp³-hybridized carbons (Fsp3) is 0. The monoisotopic (exact) mass is 1510 g/mol. The summed E-state index contributed by atoms with van der Waals surface area (Å²) in [5.74, 6) is 0. The molecule has 0 saturated carbocycles. The van der Waals surface area contributed by atoms with Gasteiger partial charge in [0.05, 0.1) is 0 Å². The summed E-state index contributed by atoms with van der Waals surface area (Å²) in [5.41, 5.74) is 17.8. The van der Waals surface area contributed by atoms with Crippen LogP contribution in [-0.2, 0) is 0 Å². The lowest BCUT2D eigenvalue weighted by Crippen LogP contribution is -1.92. The molecule has 0 N–H and O–H groups in total. The zero-order valence-corrected chi connectivity index (χ0v) is 64.6. The van der Waals surface area contributed by atoms with Crippen LogP contribution in [0.15, 0.2) is 385 Å². The molecular weight excluding hydrogens is 1450 g/mol. The molecule has 29 rings (SSSR count). The summed E-state index contributed by atoms with van der Waals surface area (Å²) in [6, 6.07) is 143. The number of hydrogen-bond acceptors (Lipinski definition) is 2. The van der Waals surface area contributed by atoms with Gasteiger partial charge in [0.1, 0.15) is 22.3 Å². The minimum atomic E-state index is 0.873. The second-order valence-corrected chi connectivity index (χ2v) is 33.6. The minimum Gasteiger partial charge on any atom is -0.455 e. The molecular formula is C118H62O2. The molecule has 0 unspecified atom stereocenters. The summed E-state index contributed by atoms with van der Waals surface area (Å²) in [6.07, 6.45) is 0. The number of para-hydroxylation sites is 4. The van der Waals surface area contributed by atoms with Crippen LogP contribution in [0.3, 0.4) is 0 Å². The van der Waals surface area contributed by atoms with Gasteiger partial charge in [0.25, 0.3) is 0 Å². The highest BCUT2D eigenvalue weighted by molar-refractivity contribution is 6.50. The molecule has 120 heavy (non-hydrogen) atoms. The van der Waals surface area contributed by atoms with Gasteiger partial charge in [-0.15, -0.1) is 0 Å². The average Bonchev–Trinajstić information content (AvgIpc) is 1.51. The first-order chi connectivity index (χ1) is 59.6. The van der Waals surface area contributed by atoms with Crippen molar-refractivity contribution in [3.8, 4) is 66.8 Å². The van der Waals surface area contributed by atoms with Gasteiger partial charge in [-0.05, 0) is 287 Å². The van der Waals surface area contributed by atoms with E-state index < -0.39 is 0 Å². The Morgan fingerprint density at radius 2 is 0.508 bits per heavy atom. The second kappa shape index (κ2) is 23.1. The van der Waals surface area contributed by atoms with Crippen LogP contribution < -0.4 is 0 Å². The molecule has 0 radical (unpaired) electrons. The molecule has 2 heterocycles. The highest BCUT2D eigenvalue weighted by Crippen LogP contribution is 2.61. The lowest BCUT2D eigenvalue weighted by atomic mass is 9.83. The Balaban J connectivity index is 0.702. The van der Waals surface area contributed by atoms with E-state index in [-0.39, 0.29) is 0 Å². The Kier molecular flexibility index (Phi) is 12.2. The molecule has 0 aliphatic heterocycles. The first-order valence-corrected chi connectivity index (χ1v) is 41.8. The molecule has 0 fully saturated rings. The fourth-order valence-corrected chi connectivity index (χ4v) is 23.2. The summed E-state index contributed by atoms with van der Waals surface area (Å²) in [4.78, 5) is 0. The molecule has 2 heteroatoms. The number of benzene rings is 23. The van der Waals surface area contributed by atoms with E-state index >= 15 is 0 Å². The van der Waals surface area contributed by atoms with Gasteiger partial charge in [0.15, 0.2) is 0 Å². The number of hydrogen-bond donors (Lipinski definition) is 0. The topological polar surface area (TPSA) is 26.3 Å². The van der Waals surface area contributed by atoms with Gasteiger partial charge < -0.3 is 8.83 Å². The van der Waals surface area contributed by atoms with Crippen molar-refractivity contribution in [3.63, 3.8) is 0 Å². The second-order valence-electron chi connectivity index (χ2n) is 33.6. The summed E-state index contributed by atoms with van der Waals surface area (Å²) in [7, 11) is 0. The lowest BCUT2D eigenvalue weighted by molar-refractivity contribution is 0.669. The number of fused-ring (bicyclic) bond motifs is 30. The van der Waals surface area contributed by atoms with Crippen LogP contribution in [0.4, 0.5) is 0 Å². The van der Waals surface area contributed by atoms with Gasteiger partial charge in [-0.25, -0.2) is 0 Å². The molecule has 0 aliphatic rings. The quantitative estimate of drug-likeness (QED) is 0.155. The molecule has 2 nitrogen and oxygen atoms in total. The molecule has 0 saturated heterocycles. The van der Waals surface area contributed by atoms with Crippen LogP contribution in [0.2, 0.25) is 0 Å². The minimum absolute atomic E-state index is 0.873. The van der Waals surface area contributed by atoms with Gasteiger partial charge in [-0.2, -0.15) is 0 Å². The SMILES string of the molecule is c1ccc(-c2ccc3c(c2)c2cc4c(-c5ccccc5)c5c6cc7ccc8cc(-c9cccc%10c%11cc%12c(-c%13cccc%14c%13oc%13ccccc%13%14)c%13c%14cc%15ccc%16ccccc%16c%15c%15cccc(c%13c(-c%13cccc%16c%13oc%13ccccc%13%16)c%12c%12cccc(c9%10)c%11%12)c%14%15)ccc8c7c7cccc(c5c(-c5ccccc5)c4c4cccc3c24)c67)cc1. The van der Waals surface area contributed by atoms with E-state index in [1.54, 1.807) is 0 Å². The van der Waals surface area contributed by atoms with Crippen LogP contribution in [0.1, 0.15) is 0 Å². The zero-order chi connectivity index (χ0) is 77.6. The van der Waals surface area contributed by atoms with Crippen molar-refractivity contribution in [1.82, 2.24) is 0 Å². The standard InChI is InChI=1S/C118H62O2/c1-4-23-63(24-5-1)67-53-56-75-78-34-17-41-85-105(78)93(91(75)58-67)62-96-102(65-26-6-2-7-27-65)115-94-59-71-52-50-68-57-69(54-55-74(68)101(71)83-39-20-43-87(107(83)94)112(115)103(109(85)96)66-28-8-3-9-29-66)73-33-16-35-79-92-61-97-110(86-42-22-40-84(104(73)79)106(86)92)114(90-46-19-37-81-77-32-13-15-48-99(77)120-118(81)90)113-88-44-21-38-82-100-70(51-49-64-25-10-11-30-72(64)100)60-95(108(82)88)116(113)111(97)89-45-18-36-80-76-31-12-14-47-98(76)119-117(80)89/h1-62H. The molecule has 27 aromatic carbocycles. The fourth-order valence-electron chi connectivity index (χ4n) is 23.2. The number of rotatable bonds is 6. The summed E-state index contributed by atoms with van der Waals surface area (Å²) >= 11 is 0. The first-order valence-electron chi connectivity index (χ1n) is 41.8. The largest absolute Gasteiger partial charge is 0.455 e. The highest BCUT2D eigenvalue weighted by atomic mass is 16.3. The van der Waals surface area contributed by atoms with E-state index in [1.807, 2.05) is 0 Å². The van der Waals surface area contributed by atoms with Gasteiger partial charge in [0, 0.05) is 43.8 Å². The van der Waals surface area contributed by atoms with E-state index in [0.717, 1.165) is 66.0 Å². The van der Waals surface area contributed by atoms with Crippen molar-refractivity contribution in [2.75, 3.05) is 0 Å². The highest BCUT2D eigenvalue weighted by Gasteiger charge is 2.33. The van der Waals surface area contributed by atoms with Crippen molar-refractivity contribution < 1.29 is 8.83 Å². The van der Waals surface area contributed by atoms with E-state index in [2.05, 4.69) is 376 Å². The molecule has 29 aromatic rings.